The summed E-state index contributed by atoms with van der Waals surface area (Å²) in [4.78, 5) is 12.5. The molecule has 0 unspecified atom stereocenters. The Labute approximate surface area is 272 Å². The number of carbonyl (C=O) groups excluding carboxylic acids is 1. The molecule has 0 bridgehead atoms. The zero-order valence-electron chi connectivity index (χ0n) is 25.2. The molecule has 248 valence electrons. The molecule has 4 atom stereocenters. The third-order valence-corrected chi connectivity index (χ3v) is 9.06. The molecule has 1 amide bonds. The number of amides is 1. The van der Waals surface area contributed by atoms with E-state index in [0.29, 0.717) is 22.6 Å². The Hall–Kier alpha value is -3.81. The number of hydrogen-bond acceptors (Lipinski definition) is 6. The van der Waals surface area contributed by atoms with Gasteiger partial charge in [-0.2, -0.15) is 11.8 Å². The first kappa shape index (κ1) is 34.5. The van der Waals surface area contributed by atoms with Crippen molar-refractivity contribution < 1.29 is 46.4 Å². The molecule has 1 heterocycles. The molecule has 1 aliphatic rings. The van der Waals surface area contributed by atoms with E-state index in [1.54, 1.807) is 36.0 Å². The molecule has 0 saturated carbocycles. The number of rotatable bonds is 11. The maximum absolute atomic E-state index is 14.2. The van der Waals surface area contributed by atoms with E-state index in [1.165, 1.54) is 0 Å². The van der Waals surface area contributed by atoms with E-state index in [-0.39, 0.29) is 37.9 Å². The van der Waals surface area contributed by atoms with Crippen LogP contribution in [0.4, 0.5) is 22.0 Å². The van der Waals surface area contributed by atoms with Crippen LogP contribution in [0.1, 0.15) is 51.9 Å². The van der Waals surface area contributed by atoms with Crippen LogP contribution in [-0.2, 0) is 22.6 Å². The van der Waals surface area contributed by atoms with Crippen LogP contribution < -0.4 is 5.32 Å². The fraction of sp³-hybridized carbons (Fsp3) is 0.286. The van der Waals surface area contributed by atoms with Gasteiger partial charge in [0.25, 0.3) is 5.91 Å². The van der Waals surface area contributed by atoms with Crippen molar-refractivity contribution in [1.29, 1.82) is 0 Å². The third-order valence-electron chi connectivity index (χ3n) is 8.03. The van der Waals surface area contributed by atoms with Gasteiger partial charge in [-0.3, -0.25) is 4.79 Å². The Balaban J connectivity index is 1.35. The quantitative estimate of drug-likeness (QED) is 0.0689. The predicted octanol–water partition coefficient (Wildman–Crippen LogP) is 6.99. The molecule has 4 aromatic carbocycles. The Morgan fingerprint density at radius 2 is 1.43 bits per heavy atom. The number of hydrogen-bond donors (Lipinski definition) is 3. The highest BCUT2D eigenvalue weighted by molar-refractivity contribution is 7.99. The fourth-order valence-electron chi connectivity index (χ4n) is 5.42. The van der Waals surface area contributed by atoms with Crippen LogP contribution in [0.2, 0.25) is 0 Å². The van der Waals surface area contributed by atoms with Crippen molar-refractivity contribution in [3.8, 4) is 11.1 Å². The first-order valence-corrected chi connectivity index (χ1v) is 16.0. The smallest absolute Gasteiger partial charge is 0.257 e. The van der Waals surface area contributed by atoms with Crippen molar-refractivity contribution in [2.24, 2.45) is 5.92 Å². The second-order valence-corrected chi connectivity index (χ2v) is 12.2. The zero-order chi connectivity index (χ0) is 33.7. The minimum atomic E-state index is -2.34. The number of ether oxygens (including phenoxy) is 2. The van der Waals surface area contributed by atoms with Crippen LogP contribution in [0.3, 0.4) is 0 Å². The SMILES string of the molecule is C[C@@H]1[C@H](CSCCO)O[C@H](c2ccc(-c3ccccc3CNC(=O)c3c(F)c(F)c(F)c(F)c3F)cc2)O[C@@H]1c1ccc(CO)cc1. The minimum Gasteiger partial charge on any atom is -0.396 e. The second-order valence-electron chi connectivity index (χ2n) is 11.0. The van der Waals surface area contributed by atoms with Crippen LogP contribution in [0, 0.1) is 35.0 Å². The van der Waals surface area contributed by atoms with Gasteiger partial charge < -0.3 is 25.0 Å². The van der Waals surface area contributed by atoms with Crippen molar-refractivity contribution in [3.05, 3.63) is 130 Å². The van der Waals surface area contributed by atoms with Gasteiger partial charge in [0.2, 0.25) is 5.82 Å². The van der Waals surface area contributed by atoms with Crippen molar-refractivity contribution in [1.82, 2.24) is 5.32 Å². The number of thioether (sulfide) groups is 1. The molecule has 0 spiro atoms. The second kappa shape index (κ2) is 15.4. The van der Waals surface area contributed by atoms with Crippen LogP contribution in [0.15, 0.2) is 72.8 Å². The maximum Gasteiger partial charge on any atom is 0.257 e. The number of aliphatic hydroxyl groups is 2. The lowest BCUT2D eigenvalue weighted by Gasteiger charge is -2.41. The summed E-state index contributed by atoms with van der Waals surface area (Å²) in [6, 6.07) is 21.8. The number of aliphatic hydroxyl groups excluding tert-OH is 2. The Morgan fingerprint density at radius 1 is 0.809 bits per heavy atom. The number of benzene rings is 4. The highest BCUT2D eigenvalue weighted by Gasteiger charge is 2.38. The van der Waals surface area contributed by atoms with Crippen molar-refractivity contribution in [2.45, 2.75) is 38.6 Å². The lowest BCUT2D eigenvalue weighted by Crippen LogP contribution is -2.38. The van der Waals surface area contributed by atoms with Crippen molar-refractivity contribution >= 4 is 17.7 Å². The number of nitrogens with one attached hydrogen (secondary N) is 1. The van der Waals surface area contributed by atoms with E-state index in [4.69, 9.17) is 9.47 Å². The minimum absolute atomic E-state index is 0.0105. The average Bonchev–Trinajstić information content (AvgIpc) is 3.10. The van der Waals surface area contributed by atoms with Gasteiger partial charge in [-0.05, 0) is 27.8 Å². The summed E-state index contributed by atoms with van der Waals surface area (Å²) in [7, 11) is 0. The van der Waals surface area contributed by atoms with Crippen LogP contribution in [0.25, 0.3) is 11.1 Å². The molecule has 47 heavy (non-hydrogen) atoms. The molecule has 1 aliphatic heterocycles. The molecular formula is C35H32F5NO5S. The molecule has 0 aliphatic carbocycles. The molecule has 4 aromatic rings. The lowest BCUT2D eigenvalue weighted by atomic mass is 9.91. The number of carbonyl (C=O) groups is 1. The van der Waals surface area contributed by atoms with E-state index in [2.05, 4.69) is 12.2 Å². The largest absolute Gasteiger partial charge is 0.396 e. The normalized spacial score (nSPS) is 19.5. The monoisotopic (exact) mass is 673 g/mol. The topological polar surface area (TPSA) is 88.0 Å². The van der Waals surface area contributed by atoms with Gasteiger partial charge in [0, 0.05) is 29.5 Å². The molecule has 1 saturated heterocycles. The molecule has 5 rings (SSSR count). The van der Waals surface area contributed by atoms with E-state index in [0.717, 1.165) is 22.3 Å². The number of halogens is 5. The lowest BCUT2D eigenvalue weighted by molar-refractivity contribution is -0.268. The Kier molecular flexibility index (Phi) is 11.3. The van der Waals surface area contributed by atoms with Crippen LogP contribution in [0.5, 0.6) is 0 Å². The van der Waals surface area contributed by atoms with E-state index < -0.39 is 46.8 Å². The average molecular weight is 674 g/mol. The predicted molar refractivity (Wildman–Crippen MR) is 167 cm³/mol. The van der Waals surface area contributed by atoms with Gasteiger partial charge in [-0.1, -0.05) is 79.7 Å². The summed E-state index contributed by atoms with van der Waals surface area (Å²) < 4.78 is 81.9. The standard InChI is InChI=1S/C35H32F5NO5S/c1-19-26(18-47-15-14-42)45-35(46-33(19)22-8-6-20(17-43)7-9-22)23-12-10-21(11-13-23)25-5-3-2-4-24(25)16-41-34(44)27-28(36)30(38)32(40)31(39)29(27)37/h2-13,19,26,33,35,42-43H,14-18H2,1H3,(H,41,44)/t19-,26+,33+,35+/m1/s1. The zero-order valence-corrected chi connectivity index (χ0v) is 26.0. The molecular weight excluding hydrogens is 641 g/mol. The highest BCUT2D eigenvalue weighted by atomic mass is 32.2. The summed E-state index contributed by atoms with van der Waals surface area (Å²) in [6.45, 7) is 1.78. The first-order valence-electron chi connectivity index (χ1n) is 14.8. The van der Waals surface area contributed by atoms with Gasteiger partial charge in [0.15, 0.2) is 29.6 Å². The molecule has 0 radical (unpaired) electrons. The van der Waals surface area contributed by atoms with Gasteiger partial charge >= 0.3 is 0 Å². The van der Waals surface area contributed by atoms with Crippen LogP contribution >= 0.6 is 11.8 Å². The summed E-state index contributed by atoms with van der Waals surface area (Å²) in [6.07, 6.45) is -1.20. The summed E-state index contributed by atoms with van der Waals surface area (Å²) in [5, 5.41) is 21.0. The van der Waals surface area contributed by atoms with E-state index in [1.807, 2.05) is 48.5 Å². The third kappa shape index (κ3) is 7.52. The summed E-state index contributed by atoms with van der Waals surface area (Å²) in [5.41, 5.74) is 2.84. The summed E-state index contributed by atoms with van der Waals surface area (Å²) in [5.74, 6) is -11.4. The van der Waals surface area contributed by atoms with Gasteiger partial charge in [-0.25, -0.2) is 22.0 Å². The van der Waals surface area contributed by atoms with Crippen molar-refractivity contribution in [2.75, 3.05) is 18.1 Å². The fourth-order valence-corrected chi connectivity index (χ4v) is 6.33. The maximum atomic E-state index is 14.2. The highest BCUT2D eigenvalue weighted by Crippen LogP contribution is 2.42. The Morgan fingerprint density at radius 3 is 2.06 bits per heavy atom. The van der Waals surface area contributed by atoms with Crippen molar-refractivity contribution in [3.63, 3.8) is 0 Å². The van der Waals surface area contributed by atoms with E-state index in [9.17, 15) is 37.0 Å². The van der Waals surface area contributed by atoms with E-state index >= 15 is 0 Å². The first-order chi connectivity index (χ1) is 22.6. The Bertz CT molecular complexity index is 1680. The summed E-state index contributed by atoms with van der Waals surface area (Å²) >= 11 is 1.59. The molecule has 3 N–H and O–H groups in total. The molecule has 12 heteroatoms. The van der Waals surface area contributed by atoms with Gasteiger partial charge in [-0.15, -0.1) is 0 Å². The van der Waals surface area contributed by atoms with Gasteiger partial charge in [0.1, 0.15) is 5.56 Å². The molecule has 0 aromatic heterocycles. The molecule has 6 nitrogen and oxygen atoms in total. The van der Waals surface area contributed by atoms with Gasteiger partial charge in [0.05, 0.1) is 25.4 Å². The molecule has 1 fully saturated rings. The van der Waals surface area contributed by atoms with Crippen LogP contribution in [-0.4, -0.2) is 40.3 Å².